The van der Waals surface area contributed by atoms with E-state index >= 15 is 0 Å². The molecule has 0 fully saturated rings. The van der Waals surface area contributed by atoms with E-state index in [0.717, 1.165) is 10.6 Å². The van der Waals surface area contributed by atoms with Gasteiger partial charge in [0.25, 0.3) is 5.01 Å². The van der Waals surface area contributed by atoms with Crippen LogP contribution >= 0.6 is 11.3 Å². The fourth-order valence-corrected chi connectivity index (χ4v) is 3.34. The van der Waals surface area contributed by atoms with E-state index in [2.05, 4.69) is 9.00 Å². The molecule has 1 aliphatic rings. The van der Waals surface area contributed by atoms with Gasteiger partial charge >= 0.3 is 17.2 Å². The highest BCUT2D eigenvalue weighted by Gasteiger charge is 2.53. The Kier molecular flexibility index (Phi) is 2.67. The van der Waals surface area contributed by atoms with Crippen molar-refractivity contribution in [1.29, 1.82) is 0 Å². The molecule has 7 heteroatoms. The van der Waals surface area contributed by atoms with Crippen molar-refractivity contribution < 1.29 is 17.9 Å². The molecule has 0 bridgehead atoms. The Morgan fingerprint density at radius 1 is 1.26 bits per heavy atom. The Morgan fingerprint density at radius 3 is 2.63 bits per heavy atom. The van der Waals surface area contributed by atoms with Gasteiger partial charge in [-0.05, 0) is 19.1 Å². The van der Waals surface area contributed by atoms with Crippen LogP contribution in [0, 0.1) is 0 Å². The molecule has 1 aromatic carbocycles. The molecule has 0 spiro atoms. The van der Waals surface area contributed by atoms with Gasteiger partial charge in [0.15, 0.2) is 0 Å². The van der Waals surface area contributed by atoms with E-state index in [1.54, 1.807) is 0 Å². The lowest BCUT2D eigenvalue weighted by Crippen LogP contribution is -2.55. The number of hydrogen-bond acceptors (Lipinski definition) is 2. The monoisotopic (exact) mass is 282 g/mol. The highest BCUT2D eigenvalue weighted by molar-refractivity contribution is 7.12. The molecule has 0 aliphatic carbocycles. The third-order valence-electron chi connectivity index (χ3n) is 2.94. The molecule has 0 saturated heterocycles. The van der Waals surface area contributed by atoms with Gasteiger partial charge in [0.05, 0.1) is 5.56 Å². The summed E-state index contributed by atoms with van der Waals surface area (Å²) in [5.74, 6) is 0.187. The average Bonchev–Trinajstić information content (AvgIpc) is 2.66. The highest BCUT2D eigenvalue weighted by atomic mass is 32.1. The van der Waals surface area contributed by atoms with Gasteiger partial charge in [-0.3, -0.25) is 0 Å². The van der Waals surface area contributed by atoms with Crippen molar-refractivity contribution in [1.82, 2.24) is 0 Å². The minimum absolute atomic E-state index is 0.187. The molecule has 1 aromatic heterocycles. The number of hydrogen-bond donors (Lipinski definition) is 0. The third kappa shape index (κ3) is 2.04. The molecule has 0 saturated carbocycles. The van der Waals surface area contributed by atoms with Crippen molar-refractivity contribution >= 4 is 24.2 Å². The van der Waals surface area contributed by atoms with Gasteiger partial charge in [0.2, 0.25) is 0 Å². The summed E-state index contributed by atoms with van der Waals surface area (Å²) >= 11 is 1.20. The number of benzene rings is 1. The van der Waals surface area contributed by atoms with E-state index in [0.29, 0.717) is 5.35 Å². The Balaban J connectivity index is 2.32. The number of nitrogens with zero attached hydrogens (tertiary/aromatic N) is 1. The summed E-state index contributed by atoms with van der Waals surface area (Å²) in [7, 11) is -2.44. The maximum Gasteiger partial charge on any atom is 0.995 e. The maximum absolute atomic E-state index is 13.3. The van der Waals surface area contributed by atoms with Crippen LogP contribution < -0.4 is 14.7 Å². The summed E-state index contributed by atoms with van der Waals surface area (Å²) in [5.41, 5.74) is 0.955. The van der Waals surface area contributed by atoms with Crippen LogP contribution in [0.2, 0.25) is 0 Å². The summed E-state index contributed by atoms with van der Waals surface area (Å²) in [6, 6.07) is 9.57. The highest BCUT2D eigenvalue weighted by Crippen LogP contribution is 2.20. The third-order valence-corrected chi connectivity index (χ3v) is 4.11. The summed E-state index contributed by atoms with van der Waals surface area (Å²) in [4.78, 5) is 0. The quantitative estimate of drug-likeness (QED) is 0.440. The van der Waals surface area contributed by atoms with E-state index in [1.165, 1.54) is 18.3 Å². The fourth-order valence-electron chi connectivity index (χ4n) is 2.15. The van der Waals surface area contributed by atoms with E-state index in [9.17, 15) is 8.63 Å². The van der Waals surface area contributed by atoms with Gasteiger partial charge in [-0.1, -0.05) is 18.2 Å². The maximum atomic E-state index is 13.3. The number of rotatable bonds is 1. The lowest BCUT2D eigenvalue weighted by Gasteiger charge is -2.11. The average molecular weight is 282 g/mol. The van der Waals surface area contributed by atoms with E-state index in [4.69, 9.17) is 0 Å². The molecule has 0 N–H and O–H groups in total. The SMILES string of the molecule is CC1=c2c(sc(-c3ccccc3)[n+]2C)=[O+][B-](F)(F)O1. The summed E-state index contributed by atoms with van der Waals surface area (Å²) in [5, 5.41) is 1.42. The van der Waals surface area contributed by atoms with E-state index < -0.39 is 7.11 Å². The van der Waals surface area contributed by atoms with E-state index in [1.807, 2.05) is 41.9 Å². The Hall–Kier alpha value is -1.76. The minimum Gasteiger partial charge on any atom is -0.568 e. The van der Waals surface area contributed by atoms with Crippen LogP contribution in [0.25, 0.3) is 16.3 Å². The first-order valence-corrected chi connectivity index (χ1v) is 6.60. The smallest absolute Gasteiger partial charge is 0.568 e. The summed E-state index contributed by atoms with van der Waals surface area (Å²) in [6.07, 6.45) is 0. The number of aromatic nitrogens is 1. The lowest BCUT2D eigenvalue weighted by atomic mass is 10.2. The second-order valence-electron chi connectivity index (χ2n) is 4.30. The zero-order valence-corrected chi connectivity index (χ0v) is 11.2. The number of thiazole rings is 1. The predicted octanol–water partition coefficient (Wildman–Crippen LogP) is 1.39. The first-order chi connectivity index (χ1) is 8.98. The second-order valence-corrected chi connectivity index (χ2v) is 5.26. The fraction of sp³-hybridized carbons (Fsp3) is 0.167. The molecular weight excluding hydrogens is 271 g/mol. The molecule has 2 heterocycles. The number of halogens is 2. The zero-order valence-electron chi connectivity index (χ0n) is 10.4. The molecule has 3 nitrogen and oxygen atoms in total. The molecule has 0 unspecified atom stereocenters. The van der Waals surface area contributed by atoms with Gasteiger partial charge in [0, 0.05) is 11.3 Å². The van der Waals surface area contributed by atoms with Crippen molar-refractivity contribution in [3.63, 3.8) is 0 Å². The molecule has 19 heavy (non-hydrogen) atoms. The molecule has 0 amide bonds. The predicted molar refractivity (Wildman–Crippen MR) is 70.6 cm³/mol. The summed E-state index contributed by atoms with van der Waals surface area (Å²) in [6.45, 7) is 1.53. The van der Waals surface area contributed by atoms with Crippen LogP contribution in [-0.4, -0.2) is 7.11 Å². The van der Waals surface area contributed by atoms with Crippen molar-refractivity contribution in [2.24, 2.45) is 7.05 Å². The molecule has 0 radical (unpaired) electrons. The molecule has 0 atom stereocenters. The normalized spacial score (nSPS) is 16.5. The lowest BCUT2D eigenvalue weighted by molar-refractivity contribution is -0.670. The number of fused-ring (bicyclic) bond motifs is 1. The molecular formula is C12H11BF2NO2S+. The van der Waals surface area contributed by atoms with Crippen molar-refractivity contribution in [2.45, 2.75) is 6.92 Å². The first kappa shape index (κ1) is 12.3. The van der Waals surface area contributed by atoms with Gasteiger partial charge in [0.1, 0.15) is 12.8 Å². The standard InChI is InChI=1S/C12H11BF2NO2S/c1-8-10-12(18-13(14,15)17-8)19-11(16(10)2)9-6-4-3-5-7-9/h3-7H,1-2H3/q+1. The minimum atomic E-state index is -4.25. The second kappa shape index (κ2) is 4.13. The largest absolute Gasteiger partial charge is 0.995 e. The van der Waals surface area contributed by atoms with Crippen LogP contribution in [0.5, 0.6) is 0 Å². The van der Waals surface area contributed by atoms with Crippen LogP contribution in [0.3, 0.4) is 0 Å². The molecule has 2 aromatic rings. The summed E-state index contributed by atoms with van der Waals surface area (Å²) < 4.78 is 37.8. The van der Waals surface area contributed by atoms with Crippen LogP contribution in [0.15, 0.2) is 34.7 Å². The van der Waals surface area contributed by atoms with Crippen LogP contribution in [0.1, 0.15) is 6.92 Å². The Bertz CT molecular complexity index is 758. The van der Waals surface area contributed by atoms with Gasteiger partial charge in [-0.15, -0.1) is 0 Å². The van der Waals surface area contributed by atoms with Crippen molar-refractivity contribution in [3.8, 4) is 10.6 Å². The Morgan fingerprint density at radius 2 is 1.95 bits per heavy atom. The first-order valence-electron chi connectivity index (χ1n) is 5.78. The van der Waals surface area contributed by atoms with Crippen molar-refractivity contribution in [3.05, 3.63) is 44.8 Å². The van der Waals surface area contributed by atoms with Crippen LogP contribution in [0.4, 0.5) is 8.63 Å². The molecule has 1 aliphatic heterocycles. The van der Waals surface area contributed by atoms with Crippen molar-refractivity contribution in [2.75, 3.05) is 0 Å². The molecule has 98 valence electrons. The van der Waals surface area contributed by atoms with E-state index in [-0.39, 0.29) is 10.5 Å². The van der Waals surface area contributed by atoms with Crippen LogP contribution in [-0.2, 0) is 11.7 Å². The zero-order chi connectivity index (χ0) is 13.6. The molecule has 3 rings (SSSR count). The van der Waals surface area contributed by atoms with Gasteiger partial charge in [-0.2, -0.15) is 4.57 Å². The van der Waals surface area contributed by atoms with Gasteiger partial charge < -0.3 is 17.6 Å². The Labute approximate surface area is 112 Å². The van der Waals surface area contributed by atoms with Gasteiger partial charge in [-0.25, -0.2) is 0 Å². The topological polar surface area (TPSA) is 24.4 Å².